The molecule has 6 N–H and O–H groups in total. The van der Waals surface area contributed by atoms with E-state index < -0.39 is 100.0 Å². The summed E-state index contributed by atoms with van der Waals surface area (Å²) in [5.74, 6) is -3.11. The number of carbonyl (C=O) groups is 2. The van der Waals surface area contributed by atoms with Crippen LogP contribution in [0.5, 0.6) is 0 Å². The zero-order chi connectivity index (χ0) is 52.0. The number of nitriles is 1. The number of ether oxygens (including phenoxy) is 6. The van der Waals surface area contributed by atoms with Gasteiger partial charge in [-0.3, -0.25) is 9.69 Å². The SMILES string of the molecule is CO[C@]1(C)C[C@H](O[C@H]2[C@H](C)[C@@H](O[C@@H]3O[C@H](C)C[C@H](N(C)C)[C@H]3O)[C@](C)(O)C[C@@H](C)CN(CCN(CCC#N)C(=O)Nc3ccc4ccccc4c3)[C@H](C)[C@@H](O)[C@](C)(O)[C@@H](I)OC(=O)[C@@H]2C)O[C@@H](C)[C@@H]1O. The van der Waals surface area contributed by atoms with Crippen molar-refractivity contribution in [1.29, 1.82) is 5.26 Å². The molecule has 0 unspecified atom stereocenters. The lowest BCUT2D eigenvalue weighted by molar-refractivity contribution is -0.317. The molecule has 5 rings (SSSR count). The molecule has 3 saturated heterocycles. The predicted octanol–water partition coefficient (Wildman–Crippen LogP) is 4.85. The highest BCUT2D eigenvalue weighted by atomic mass is 127. The maximum absolute atomic E-state index is 14.5. The number of hydrogen-bond donors (Lipinski definition) is 6. The number of hydrogen-bond acceptors (Lipinski definition) is 16. The molecule has 18 atom stereocenters. The lowest BCUT2D eigenvalue weighted by atomic mass is 9.77. The van der Waals surface area contributed by atoms with Crippen LogP contribution in [0, 0.1) is 29.1 Å². The summed E-state index contributed by atoms with van der Waals surface area (Å²) in [6.45, 7) is 16.1. The zero-order valence-corrected chi connectivity index (χ0v) is 45.2. The molecule has 2 amide bonds. The number of anilines is 1. The third-order valence-corrected chi connectivity index (χ3v) is 16.4. The van der Waals surface area contributed by atoms with Gasteiger partial charge in [0.15, 0.2) is 16.7 Å². The van der Waals surface area contributed by atoms with Crippen molar-refractivity contribution in [3.63, 3.8) is 0 Å². The van der Waals surface area contributed by atoms with E-state index in [0.29, 0.717) is 12.1 Å². The summed E-state index contributed by atoms with van der Waals surface area (Å²) in [6, 6.07) is 14.0. The largest absolute Gasteiger partial charge is 0.448 e. The standard InChI is InChI=1S/C51H80IN5O13/c1-29-26-49(7,63)44(69-46-40(58)38(55(10)11)24-30(2)66-46)31(3)41(68-39-27-50(8,65-12)43(60)34(6)67-39)32(4)45(61)70-47(52)51(9,64)42(59)33(5)57(28-29)23-22-56(21-15-20-53)48(62)54-37-19-18-35-16-13-14-17-36(35)25-37/h13-14,16-19,25,29-34,38-44,46-47,58-60,63-64H,15,21-24,26-28H2,1-12H3,(H,54,62)/t29-,30-,31+,32-,33-,34+,38+,39+,40-,41+,42-,43+,44-,46+,47+,49-,50-,51+/m1/s1. The topological polar surface area (TPSA) is 236 Å². The van der Waals surface area contributed by atoms with Gasteiger partial charge in [-0.05, 0) is 127 Å². The molecule has 3 heterocycles. The van der Waals surface area contributed by atoms with Gasteiger partial charge < -0.3 is 69.1 Å². The molecule has 2 aromatic carbocycles. The van der Waals surface area contributed by atoms with Gasteiger partial charge in [0, 0.05) is 63.4 Å². The highest BCUT2D eigenvalue weighted by Gasteiger charge is 2.53. The molecule has 2 aromatic rings. The van der Waals surface area contributed by atoms with Crippen molar-refractivity contribution >= 4 is 51.1 Å². The minimum atomic E-state index is -2.02. The Morgan fingerprint density at radius 2 is 1.63 bits per heavy atom. The van der Waals surface area contributed by atoms with E-state index in [9.17, 15) is 40.4 Å². The number of nitrogens with zero attached hydrogens (tertiary/aromatic N) is 4. The summed E-state index contributed by atoms with van der Waals surface area (Å²) in [5, 5.41) is 74.6. The number of urea groups is 1. The molecule has 3 fully saturated rings. The van der Waals surface area contributed by atoms with Gasteiger partial charge >= 0.3 is 12.0 Å². The number of alkyl halides is 1. The Balaban J connectivity index is 1.53. The number of nitrogens with one attached hydrogen (secondary N) is 1. The van der Waals surface area contributed by atoms with Crippen LogP contribution >= 0.6 is 22.6 Å². The minimum Gasteiger partial charge on any atom is -0.448 e. The number of aliphatic hydroxyl groups is 5. The van der Waals surface area contributed by atoms with E-state index in [1.165, 1.54) is 18.9 Å². The minimum absolute atomic E-state index is 0.0644. The molecule has 70 heavy (non-hydrogen) atoms. The van der Waals surface area contributed by atoms with Crippen molar-refractivity contribution in [1.82, 2.24) is 14.7 Å². The number of amides is 2. The van der Waals surface area contributed by atoms with Gasteiger partial charge in [0.1, 0.15) is 23.9 Å². The summed E-state index contributed by atoms with van der Waals surface area (Å²) in [5.41, 5.74) is -4.24. The van der Waals surface area contributed by atoms with Crippen LogP contribution in [0.15, 0.2) is 42.5 Å². The van der Waals surface area contributed by atoms with Crippen LogP contribution in [0.2, 0.25) is 0 Å². The lowest BCUT2D eigenvalue weighted by Crippen LogP contribution is -2.60. The van der Waals surface area contributed by atoms with Crippen molar-refractivity contribution < 1.29 is 63.5 Å². The number of methoxy groups -OCH3 is 1. The predicted molar refractivity (Wildman–Crippen MR) is 272 cm³/mol. The van der Waals surface area contributed by atoms with Gasteiger partial charge in [-0.25, -0.2) is 4.79 Å². The molecule has 18 nitrogen and oxygen atoms in total. The molecule has 0 spiro atoms. The Bertz CT molecular complexity index is 2080. The van der Waals surface area contributed by atoms with E-state index in [1.54, 1.807) is 64.1 Å². The number of fused-ring (bicyclic) bond motifs is 1. The van der Waals surface area contributed by atoms with Crippen molar-refractivity contribution in [2.45, 2.75) is 176 Å². The first kappa shape index (κ1) is 58.1. The Labute approximate surface area is 428 Å². The van der Waals surface area contributed by atoms with Crippen LogP contribution in [0.1, 0.15) is 88.0 Å². The molecule has 3 aliphatic heterocycles. The van der Waals surface area contributed by atoms with Gasteiger partial charge in [0.2, 0.25) is 0 Å². The zero-order valence-electron chi connectivity index (χ0n) is 43.0. The number of likely N-dealkylation sites (N-methyl/N-ethyl adjacent to an activating group) is 1. The second kappa shape index (κ2) is 24.5. The highest BCUT2D eigenvalue weighted by molar-refractivity contribution is 14.1. The Morgan fingerprint density at radius 1 is 0.957 bits per heavy atom. The van der Waals surface area contributed by atoms with Crippen molar-refractivity contribution in [2.75, 3.05) is 52.7 Å². The number of rotatable bonds is 12. The first-order valence-electron chi connectivity index (χ1n) is 24.6. The molecule has 0 aliphatic carbocycles. The lowest BCUT2D eigenvalue weighted by Gasteiger charge is -2.48. The van der Waals surface area contributed by atoms with E-state index in [2.05, 4.69) is 11.4 Å². The fraction of sp³-hybridized carbons (Fsp3) is 0.745. The molecule has 0 bridgehead atoms. The van der Waals surface area contributed by atoms with Crippen LogP contribution in [0.3, 0.4) is 0 Å². The molecule has 0 aromatic heterocycles. The van der Waals surface area contributed by atoms with Crippen LogP contribution < -0.4 is 5.32 Å². The second-order valence-electron chi connectivity index (χ2n) is 21.0. The number of aliphatic hydroxyl groups excluding tert-OH is 3. The number of cyclic esters (lactones) is 1. The summed E-state index contributed by atoms with van der Waals surface area (Å²) in [4.78, 5) is 33.8. The van der Waals surface area contributed by atoms with Crippen LogP contribution in [0.4, 0.5) is 10.5 Å². The third-order valence-electron chi connectivity index (χ3n) is 14.9. The fourth-order valence-electron chi connectivity index (χ4n) is 10.5. The summed E-state index contributed by atoms with van der Waals surface area (Å²) in [6.07, 6.45) is -8.44. The number of esters is 1. The maximum Gasteiger partial charge on any atom is 0.321 e. The van der Waals surface area contributed by atoms with Gasteiger partial charge in [-0.15, -0.1) is 0 Å². The molecule has 19 heteroatoms. The molecule has 394 valence electrons. The first-order chi connectivity index (χ1) is 32.7. The van der Waals surface area contributed by atoms with Crippen molar-refractivity contribution in [2.24, 2.45) is 17.8 Å². The van der Waals surface area contributed by atoms with E-state index in [4.69, 9.17) is 28.4 Å². The molecule has 3 aliphatic rings. The van der Waals surface area contributed by atoms with Gasteiger partial charge in [-0.1, -0.05) is 44.2 Å². The Kier molecular flexibility index (Phi) is 20.3. The van der Waals surface area contributed by atoms with Crippen LogP contribution in [0.25, 0.3) is 10.8 Å². The van der Waals surface area contributed by atoms with Crippen molar-refractivity contribution in [3.8, 4) is 6.07 Å². The fourth-order valence-corrected chi connectivity index (χ4v) is 11.1. The average molecular weight is 1100 g/mol. The summed E-state index contributed by atoms with van der Waals surface area (Å²) >= 11 is 1.80. The number of benzene rings is 2. The van der Waals surface area contributed by atoms with Gasteiger partial charge in [-0.2, -0.15) is 5.26 Å². The normalized spacial score (nSPS) is 39.6. The number of carbonyl (C=O) groups excluding carboxylic acids is 2. The second-order valence-corrected chi connectivity index (χ2v) is 22.2. The summed E-state index contributed by atoms with van der Waals surface area (Å²) < 4.78 is 36.6. The molecular weight excluding hydrogens is 1020 g/mol. The summed E-state index contributed by atoms with van der Waals surface area (Å²) in [7, 11) is 5.21. The van der Waals surface area contributed by atoms with Crippen LogP contribution in [-0.4, -0.2) is 188 Å². The van der Waals surface area contributed by atoms with Gasteiger partial charge in [0.25, 0.3) is 0 Å². The van der Waals surface area contributed by atoms with E-state index in [1.807, 2.05) is 80.2 Å². The monoisotopic (exact) mass is 1100 g/mol. The first-order valence-corrected chi connectivity index (χ1v) is 25.8. The average Bonchev–Trinajstić information content (AvgIpc) is 3.30. The van der Waals surface area contributed by atoms with Gasteiger partial charge in [0.05, 0.1) is 54.0 Å². The van der Waals surface area contributed by atoms with E-state index >= 15 is 0 Å². The molecule has 0 radical (unpaired) electrons. The smallest absolute Gasteiger partial charge is 0.321 e. The molecule has 0 saturated carbocycles. The quantitative estimate of drug-likeness (QED) is 0.0947. The Hall–Kier alpha value is -2.82. The number of halogens is 1. The highest BCUT2D eigenvalue weighted by Crippen LogP contribution is 2.40. The third kappa shape index (κ3) is 13.9. The molecular formula is C51H80IN5O13. The maximum atomic E-state index is 14.5. The Morgan fingerprint density at radius 3 is 2.27 bits per heavy atom. The van der Waals surface area contributed by atoms with Crippen molar-refractivity contribution in [3.05, 3.63) is 42.5 Å². The van der Waals surface area contributed by atoms with E-state index in [0.717, 1.165) is 10.8 Å². The van der Waals surface area contributed by atoms with E-state index in [-0.39, 0.29) is 63.5 Å². The van der Waals surface area contributed by atoms with Crippen LogP contribution in [-0.2, 0) is 33.2 Å².